The molecular weight excluding hydrogens is 291 g/mol. The molecule has 0 rings (SSSR count). The number of ether oxygens (including phenoxy) is 2. The van der Waals surface area contributed by atoms with Gasteiger partial charge in [0.1, 0.15) is 6.61 Å². The molecule has 0 radical (unpaired) electrons. The lowest BCUT2D eigenvalue weighted by molar-refractivity contribution is -0.161. The molecule has 0 aromatic heterocycles. The first kappa shape index (κ1) is 19.1. The Morgan fingerprint density at radius 1 is 1.05 bits per heavy atom. The molecule has 0 aliphatic heterocycles. The summed E-state index contributed by atoms with van der Waals surface area (Å²) in [6, 6.07) is 0. The highest BCUT2D eigenvalue weighted by Gasteiger charge is 2.22. The second kappa shape index (κ2) is 9.88. The molecule has 0 aromatic rings. The lowest BCUT2D eigenvalue weighted by Gasteiger charge is -2.18. The van der Waals surface area contributed by atoms with Crippen molar-refractivity contribution in [2.45, 2.75) is 45.6 Å². The van der Waals surface area contributed by atoms with Crippen molar-refractivity contribution in [3.8, 4) is 0 Å². The summed E-state index contributed by atoms with van der Waals surface area (Å²) in [7, 11) is -4.67. The molecule has 2 N–H and O–H groups in total. The van der Waals surface area contributed by atoms with E-state index in [0.717, 1.165) is 0 Å². The van der Waals surface area contributed by atoms with Gasteiger partial charge in [0.15, 0.2) is 6.10 Å². The van der Waals surface area contributed by atoms with Crippen molar-refractivity contribution >= 4 is 19.8 Å². The Morgan fingerprint density at radius 2 is 1.60 bits per heavy atom. The molecule has 1 unspecified atom stereocenters. The molecule has 9 heteroatoms. The van der Waals surface area contributed by atoms with Crippen LogP contribution >= 0.6 is 7.82 Å². The summed E-state index contributed by atoms with van der Waals surface area (Å²) in [4.78, 5) is 39.8. The first-order valence-corrected chi connectivity index (χ1v) is 7.86. The van der Waals surface area contributed by atoms with E-state index in [1.807, 2.05) is 0 Å². The first-order chi connectivity index (χ1) is 9.28. The van der Waals surface area contributed by atoms with E-state index in [-0.39, 0.29) is 19.4 Å². The minimum atomic E-state index is -4.67. The topological polar surface area (TPSA) is 119 Å². The smallest absolute Gasteiger partial charge is 0.462 e. The number of rotatable bonds is 10. The number of hydrogen-bond donors (Lipinski definition) is 2. The first-order valence-electron chi connectivity index (χ1n) is 6.33. The molecule has 0 saturated carbocycles. The van der Waals surface area contributed by atoms with Gasteiger partial charge < -0.3 is 19.3 Å². The lowest BCUT2D eigenvalue weighted by atomic mass is 10.3. The molecule has 1 atom stereocenters. The second-order valence-electron chi connectivity index (χ2n) is 4.08. The maximum Gasteiger partial charge on any atom is 0.469 e. The summed E-state index contributed by atoms with van der Waals surface area (Å²) in [5, 5.41) is 0. The molecule has 20 heavy (non-hydrogen) atoms. The van der Waals surface area contributed by atoms with Gasteiger partial charge in [0.05, 0.1) is 6.61 Å². The van der Waals surface area contributed by atoms with Crippen LogP contribution in [0.4, 0.5) is 0 Å². The minimum Gasteiger partial charge on any atom is -0.462 e. The predicted octanol–water partition coefficient (Wildman–Crippen LogP) is 1.15. The summed E-state index contributed by atoms with van der Waals surface area (Å²) in [6.07, 6.45) is 0.519. The molecule has 0 spiro atoms. The third kappa shape index (κ3) is 10.9. The molecular formula is C11H21O8P. The van der Waals surface area contributed by atoms with E-state index in [1.165, 1.54) is 0 Å². The van der Waals surface area contributed by atoms with Crippen LogP contribution in [0.1, 0.15) is 39.5 Å². The molecule has 0 aromatic carbocycles. The molecule has 0 heterocycles. The van der Waals surface area contributed by atoms with Crippen molar-refractivity contribution in [3.05, 3.63) is 0 Å². The third-order valence-electron chi connectivity index (χ3n) is 2.07. The molecule has 118 valence electrons. The fourth-order valence-electron chi connectivity index (χ4n) is 1.21. The fourth-order valence-corrected chi connectivity index (χ4v) is 1.57. The van der Waals surface area contributed by atoms with Gasteiger partial charge in [0.2, 0.25) is 0 Å². The van der Waals surface area contributed by atoms with Gasteiger partial charge in [-0.3, -0.25) is 14.1 Å². The van der Waals surface area contributed by atoms with Gasteiger partial charge >= 0.3 is 19.8 Å². The average molecular weight is 312 g/mol. The maximum atomic E-state index is 11.3. The van der Waals surface area contributed by atoms with E-state index in [1.54, 1.807) is 13.8 Å². The van der Waals surface area contributed by atoms with Gasteiger partial charge in [-0.2, -0.15) is 0 Å². The SMILES string of the molecule is CCCC(=O)OCC(COP(=O)(O)O)OC(=O)CCC. The number of phosphoric acid groups is 1. The third-order valence-corrected chi connectivity index (χ3v) is 2.55. The van der Waals surface area contributed by atoms with Gasteiger partial charge in [0.25, 0.3) is 0 Å². The van der Waals surface area contributed by atoms with Crippen molar-refractivity contribution in [2.24, 2.45) is 0 Å². The quantitative estimate of drug-likeness (QED) is 0.455. The highest BCUT2D eigenvalue weighted by molar-refractivity contribution is 7.46. The Labute approximate surface area is 117 Å². The van der Waals surface area contributed by atoms with Gasteiger partial charge in [-0.05, 0) is 12.8 Å². The fraction of sp³-hybridized carbons (Fsp3) is 0.818. The number of hydrogen-bond acceptors (Lipinski definition) is 6. The van der Waals surface area contributed by atoms with Crippen LogP contribution in [0.15, 0.2) is 0 Å². The minimum absolute atomic E-state index is 0.162. The van der Waals surface area contributed by atoms with Crippen LogP contribution in [0.2, 0.25) is 0 Å². The van der Waals surface area contributed by atoms with E-state index in [4.69, 9.17) is 19.3 Å². The van der Waals surface area contributed by atoms with E-state index >= 15 is 0 Å². The predicted molar refractivity (Wildman–Crippen MR) is 68.7 cm³/mol. The summed E-state index contributed by atoms with van der Waals surface area (Å²) in [6.45, 7) is 2.74. The Balaban J connectivity index is 4.34. The molecule has 0 amide bonds. The van der Waals surface area contributed by atoms with Crippen molar-refractivity contribution in [2.75, 3.05) is 13.2 Å². The van der Waals surface area contributed by atoms with Crippen molar-refractivity contribution < 1.29 is 37.9 Å². The van der Waals surface area contributed by atoms with Crippen LogP contribution < -0.4 is 0 Å². The van der Waals surface area contributed by atoms with E-state index in [9.17, 15) is 14.2 Å². The summed E-state index contributed by atoms with van der Waals surface area (Å²) >= 11 is 0. The van der Waals surface area contributed by atoms with Crippen LogP contribution in [0.3, 0.4) is 0 Å². The van der Waals surface area contributed by atoms with Gasteiger partial charge in [-0.1, -0.05) is 13.8 Å². The second-order valence-corrected chi connectivity index (χ2v) is 5.32. The molecule has 0 fully saturated rings. The number of phosphoric ester groups is 1. The highest BCUT2D eigenvalue weighted by atomic mass is 31.2. The van der Waals surface area contributed by atoms with E-state index in [2.05, 4.69) is 4.52 Å². The Bertz CT molecular complexity index is 350. The molecule has 0 bridgehead atoms. The monoisotopic (exact) mass is 312 g/mol. The van der Waals surface area contributed by atoms with Gasteiger partial charge in [-0.15, -0.1) is 0 Å². The zero-order valence-electron chi connectivity index (χ0n) is 11.6. The molecule has 0 saturated heterocycles. The number of carbonyl (C=O) groups is 2. The number of carbonyl (C=O) groups excluding carboxylic acids is 2. The molecule has 0 aliphatic rings. The highest BCUT2D eigenvalue weighted by Crippen LogP contribution is 2.35. The Kier molecular flexibility index (Phi) is 9.41. The molecule has 8 nitrogen and oxygen atoms in total. The normalized spacial score (nSPS) is 12.8. The summed E-state index contributed by atoms with van der Waals surface area (Å²) in [5.74, 6) is -1.02. The zero-order valence-corrected chi connectivity index (χ0v) is 12.5. The molecule has 0 aliphatic carbocycles. The van der Waals surface area contributed by atoms with Crippen LogP contribution in [-0.2, 0) is 28.2 Å². The van der Waals surface area contributed by atoms with E-state index < -0.39 is 32.5 Å². The maximum absolute atomic E-state index is 11.3. The van der Waals surface area contributed by atoms with Crippen molar-refractivity contribution in [1.82, 2.24) is 0 Å². The Hall–Kier alpha value is -0.950. The standard InChI is InChI=1S/C11H21O8P/c1-3-5-10(12)17-7-9(8-18-20(14,15)16)19-11(13)6-4-2/h9H,3-8H2,1-2H3,(H2,14,15,16). The van der Waals surface area contributed by atoms with Crippen molar-refractivity contribution in [1.29, 1.82) is 0 Å². The number of esters is 2. The van der Waals surface area contributed by atoms with E-state index in [0.29, 0.717) is 12.8 Å². The van der Waals surface area contributed by atoms with Crippen LogP contribution in [0.25, 0.3) is 0 Å². The van der Waals surface area contributed by atoms with Crippen LogP contribution in [0.5, 0.6) is 0 Å². The van der Waals surface area contributed by atoms with Gasteiger partial charge in [0, 0.05) is 12.8 Å². The average Bonchev–Trinajstić information content (AvgIpc) is 2.32. The van der Waals surface area contributed by atoms with Gasteiger partial charge in [-0.25, -0.2) is 4.57 Å². The van der Waals surface area contributed by atoms with Crippen LogP contribution in [0, 0.1) is 0 Å². The lowest BCUT2D eigenvalue weighted by Crippen LogP contribution is -2.29. The van der Waals surface area contributed by atoms with Crippen LogP contribution in [-0.4, -0.2) is 41.0 Å². The zero-order chi connectivity index (χ0) is 15.6. The summed E-state index contributed by atoms with van der Waals surface area (Å²) < 4.78 is 24.6. The summed E-state index contributed by atoms with van der Waals surface area (Å²) in [5.41, 5.74) is 0. The van der Waals surface area contributed by atoms with Crippen molar-refractivity contribution in [3.63, 3.8) is 0 Å². The largest absolute Gasteiger partial charge is 0.469 e. The Morgan fingerprint density at radius 3 is 2.10 bits per heavy atom.